The molecule has 5 rings (SSSR count). The van der Waals surface area contributed by atoms with Crippen molar-refractivity contribution in [1.29, 1.82) is 0 Å². The summed E-state index contributed by atoms with van der Waals surface area (Å²) in [7, 11) is 2.07. The molecule has 1 aromatic carbocycles. The van der Waals surface area contributed by atoms with Crippen LogP contribution >= 0.6 is 0 Å². The molecule has 0 radical (unpaired) electrons. The molecule has 3 heterocycles. The van der Waals surface area contributed by atoms with Crippen molar-refractivity contribution in [2.75, 3.05) is 25.5 Å². The van der Waals surface area contributed by atoms with Crippen molar-refractivity contribution in [3.05, 3.63) is 30.2 Å². The van der Waals surface area contributed by atoms with Gasteiger partial charge in [-0.1, -0.05) is 6.07 Å². The quantitative estimate of drug-likeness (QED) is 0.512. The molecule has 0 bridgehead atoms. The number of aromatic nitrogens is 3. The van der Waals surface area contributed by atoms with Crippen LogP contribution in [0.1, 0.15) is 37.9 Å². The summed E-state index contributed by atoms with van der Waals surface area (Å²) in [6.07, 6.45) is -2.21. The molecular formula is C23H27F3N6O2. The number of alkyl halides is 3. The third-order valence-corrected chi connectivity index (χ3v) is 6.46. The fraction of sp³-hybridized carbons (Fsp3) is 0.522. The average molecular weight is 477 g/mol. The second kappa shape index (κ2) is 9.28. The Morgan fingerprint density at radius 3 is 2.65 bits per heavy atom. The SMILES string of the molecule is CN1CCC(Nc2cccc3c2cc(-c2nnc(CNC(=O)C4CC4)o2)n3C(F)C(F)F)CC1. The number of rotatable bonds is 8. The number of benzene rings is 1. The smallest absolute Gasteiger partial charge is 0.288 e. The fourth-order valence-corrected chi connectivity index (χ4v) is 4.37. The van der Waals surface area contributed by atoms with E-state index in [-0.39, 0.29) is 41.9 Å². The van der Waals surface area contributed by atoms with Gasteiger partial charge < -0.3 is 24.5 Å². The molecule has 1 unspecified atom stereocenters. The van der Waals surface area contributed by atoms with Crippen LogP contribution in [0, 0.1) is 5.92 Å². The highest BCUT2D eigenvalue weighted by Gasteiger charge is 2.31. The van der Waals surface area contributed by atoms with Crippen LogP contribution in [0.3, 0.4) is 0 Å². The number of anilines is 1. The predicted octanol–water partition coefficient (Wildman–Crippen LogP) is 3.96. The number of carbonyl (C=O) groups excluding carboxylic acids is 1. The molecule has 1 aliphatic heterocycles. The number of nitrogens with zero attached hydrogens (tertiary/aromatic N) is 4. The number of hydrogen-bond acceptors (Lipinski definition) is 6. The van der Waals surface area contributed by atoms with Crippen LogP contribution in [0.5, 0.6) is 0 Å². The molecule has 11 heteroatoms. The molecular weight excluding hydrogens is 449 g/mol. The first-order valence-electron chi connectivity index (χ1n) is 11.5. The highest BCUT2D eigenvalue weighted by atomic mass is 19.3. The molecule has 1 atom stereocenters. The molecule has 2 aliphatic rings. The number of piperidine rings is 1. The monoisotopic (exact) mass is 476 g/mol. The number of likely N-dealkylation sites (tertiary alicyclic amines) is 1. The van der Waals surface area contributed by atoms with E-state index in [9.17, 15) is 18.0 Å². The summed E-state index contributed by atoms with van der Waals surface area (Å²) in [5.74, 6) is -0.0166. The molecule has 1 saturated heterocycles. The van der Waals surface area contributed by atoms with Gasteiger partial charge in [-0.15, -0.1) is 10.2 Å². The van der Waals surface area contributed by atoms with Crippen molar-refractivity contribution in [2.45, 2.75) is 51.0 Å². The summed E-state index contributed by atoms with van der Waals surface area (Å²) in [5, 5.41) is 14.7. The van der Waals surface area contributed by atoms with E-state index in [1.54, 1.807) is 18.2 Å². The molecule has 3 aromatic rings. The summed E-state index contributed by atoms with van der Waals surface area (Å²) in [4.78, 5) is 14.1. The minimum Gasteiger partial charge on any atom is -0.417 e. The Hall–Kier alpha value is -3.08. The lowest BCUT2D eigenvalue weighted by atomic mass is 10.0. The van der Waals surface area contributed by atoms with Gasteiger partial charge in [0.25, 0.3) is 12.3 Å². The van der Waals surface area contributed by atoms with Gasteiger partial charge in [0.05, 0.1) is 12.1 Å². The van der Waals surface area contributed by atoms with Gasteiger partial charge in [-0.25, -0.2) is 13.2 Å². The lowest BCUT2D eigenvalue weighted by molar-refractivity contribution is -0.122. The Kier molecular flexibility index (Phi) is 6.20. The standard InChI is InChI=1S/C23H27F3N6O2/c1-31-9-7-14(8-10-31)28-16-3-2-4-17-15(16)11-18(32(17)21(26)20(24)25)23-30-29-19(34-23)12-27-22(33)13-5-6-13/h2-4,11,13-14,20-21,28H,5-10,12H2,1H3,(H,27,33). The number of halogens is 3. The van der Waals surface area contributed by atoms with Gasteiger partial charge in [0.1, 0.15) is 5.69 Å². The summed E-state index contributed by atoms with van der Waals surface area (Å²) < 4.78 is 48.3. The molecule has 182 valence electrons. The Morgan fingerprint density at radius 1 is 1.18 bits per heavy atom. The number of hydrogen-bond donors (Lipinski definition) is 2. The lowest BCUT2D eigenvalue weighted by Crippen LogP contribution is -2.36. The summed E-state index contributed by atoms with van der Waals surface area (Å²) >= 11 is 0. The zero-order chi connectivity index (χ0) is 23.8. The Labute approximate surface area is 194 Å². The first kappa shape index (κ1) is 22.7. The van der Waals surface area contributed by atoms with Crippen LogP contribution in [-0.4, -0.2) is 58.2 Å². The number of amides is 1. The third-order valence-electron chi connectivity index (χ3n) is 6.46. The molecule has 1 amide bonds. The number of carbonyl (C=O) groups is 1. The normalized spacial score (nSPS) is 18.5. The third kappa shape index (κ3) is 4.61. The van der Waals surface area contributed by atoms with Crippen LogP contribution < -0.4 is 10.6 Å². The second-order valence-electron chi connectivity index (χ2n) is 9.06. The Bertz CT molecular complexity index is 1170. The minimum absolute atomic E-state index is 0.0266. The van der Waals surface area contributed by atoms with Gasteiger partial charge in [0, 0.05) is 23.0 Å². The van der Waals surface area contributed by atoms with Crippen LogP contribution in [-0.2, 0) is 11.3 Å². The highest BCUT2D eigenvalue weighted by molar-refractivity contribution is 5.96. The van der Waals surface area contributed by atoms with Crippen molar-refractivity contribution < 1.29 is 22.4 Å². The van der Waals surface area contributed by atoms with E-state index < -0.39 is 12.7 Å². The van der Waals surface area contributed by atoms with E-state index in [0.717, 1.165) is 49.0 Å². The van der Waals surface area contributed by atoms with Gasteiger partial charge in [0.2, 0.25) is 18.1 Å². The van der Waals surface area contributed by atoms with Gasteiger partial charge in [-0.2, -0.15) is 0 Å². The van der Waals surface area contributed by atoms with Gasteiger partial charge >= 0.3 is 0 Å². The molecule has 8 nitrogen and oxygen atoms in total. The summed E-state index contributed by atoms with van der Waals surface area (Å²) in [5.41, 5.74) is 1.11. The van der Waals surface area contributed by atoms with E-state index in [1.807, 2.05) is 6.07 Å². The molecule has 1 saturated carbocycles. The van der Waals surface area contributed by atoms with E-state index in [1.165, 1.54) is 0 Å². The first-order chi connectivity index (χ1) is 16.4. The molecule has 0 spiro atoms. The van der Waals surface area contributed by atoms with E-state index in [2.05, 4.69) is 32.8 Å². The summed E-state index contributed by atoms with van der Waals surface area (Å²) in [6.45, 7) is 1.94. The molecule has 2 aromatic heterocycles. The van der Waals surface area contributed by atoms with Crippen LogP contribution in [0.15, 0.2) is 28.7 Å². The molecule has 2 N–H and O–H groups in total. The Balaban J connectivity index is 1.46. The fourth-order valence-electron chi connectivity index (χ4n) is 4.37. The van der Waals surface area contributed by atoms with E-state index >= 15 is 0 Å². The van der Waals surface area contributed by atoms with Crippen molar-refractivity contribution in [3.8, 4) is 11.6 Å². The minimum atomic E-state index is -3.24. The molecule has 34 heavy (non-hydrogen) atoms. The number of nitrogens with one attached hydrogen (secondary N) is 2. The Morgan fingerprint density at radius 2 is 1.94 bits per heavy atom. The van der Waals surface area contributed by atoms with Gasteiger partial charge in [-0.3, -0.25) is 4.79 Å². The first-order valence-corrected chi connectivity index (χ1v) is 11.5. The second-order valence-corrected chi connectivity index (χ2v) is 9.06. The largest absolute Gasteiger partial charge is 0.417 e. The van der Waals surface area contributed by atoms with E-state index in [4.69, 9.17) is 4.42 Å². The maximum atomic E-state index is 14.8. The highest BCUT2D eigenvalue weighted by Crippen LogP contribution is 2.37. The topological polar surface area (TPSA) is 88.2 Å². The molecule has 2 fully saturated rings. The maximum absolute atomic E-state index is 14.8. The lowest BCUT2D eigenvalue weighted by Gasteiger charge is -2.30. The average Bonchev–Trinajstić information content (AvgIpc) is 3.45. The molecule has 1 aliphatic carbocycles. The van der Waals surface area contributed by atoms with Crippen molar-refractivity contribution >= 4 is 22.5 Å². The van der Waals surface area contributed by atoms with Crippen LogP contribution in [0.2, 0.25) is 0 Å². The maximum Gasteiger partial charge on any atom is 0.288 e. The van der Waals surface area contributed by atoms with Crippen LogP contribution in [0.4, 0.5) is 18.9 Å². The zero-order valence-electron chi connectivity index (χ0n) is 18.8. The van der Waals surface area contributed by atoms with Crippen LogP contribution in [0.25, 0.3) is 22.5 Å². The predicted molar refractivity (Wildman–Crippen MR) is 120 cm³/mol. The van der Waals surface area contributed by atoms with Crippen molar-refractivity contribution in [3.63, 3.8) is 0 Å². The van der Waals surface area contributed by atoms with Gasteiger partial charge in [0.15, 0.2) is 0 Å². The zero-order valence-corrected chi connectivity index (χ0v) is 18.8. The van der Waals surface area contributed by atoms with Gasteiger partial charge in [-0.05, 0) is 64.0 Å². The van der Waals surface area contributed by atoms with E-state index in [0.29, 0.717) is 10.9 Å². The number of fused-ring (bicyclic) bond motifs is 1. The van der Waals surface area contributed by atoms with Crippen molar-refractivity contribution in [2.24, 2.45) is 5.92 Å². The summed E-state index contributed by atoms with van der Waals surface area (Å²) in [6, 6.07) is 7.00. The van der Waals surface area contributed by atoms with Crippen molar-refractivity contribution in [1.82, 2.24) is 25.0 Å².